The monoisotopic (exact) mass is 300 g/mol. The lowest BCUT2D eigenvalue weighted by molar-refractivity contribution is -0.133. The predicted octanol–water partition coefficient (Wildman–Crippen LogP) is 2.88. The Morgan fingerprint density at radius 2 is 2.00 bits per heavy atom. The van der Waals surface area contributed by atoms with Crippen LogP contribution >= 0.6 is 0 Å². The minimum atomic E-state index is -0.407. The molecule has 1 aromatic heterocycles. The molecule has 1 heterocycles. The van der Waals surface area contributed by atoms with E-state index in [1.165, 1.54) is 7.11 Å². The number of benzene rings is 1. The molecule has 0 N–H and O–H groups in total. The Labute approximate surface area is 130 Å². The molecule has 0 fully saturated rings. The van der Waals surface area contributed by atoms with E-state index in [-0.39, 0.29) is 0 Å². The molecule has 0 spiro atoms. The van der Waals surface area contributed by atoms with Gasteiger partial charge in [0, 0.05) is 7.05 Å². The topological polar surface area (TPSA) is 53.4 Å². The van der Waals surface area contributed by atoms with Crippen LogP contribution in [0.4, 0.5) is 0 Å². The van der Waals surface area contributed by atoms with Crippen molar-refractivity contribution in [2.24, 2.45) is 7.05 Å². The van der Waals surface area contributed by atoms with Gasteiger partial charge in [-0.05, 0) is 19.4 Å². The van der Waals surface area contributed by atoms with Crippen LogP contribution < -0.4 is 4.74 Å². The third-order valence-electron chi connectivity index (χ3n) is 3.34. The van der Waals surface area contributed by atoms with Gasteiger partial charge in [-0.25, -0.2) is 4.79 Å². The van der Waals surface area contributed by atoms with E-state index in [2.05, 4.69) is 5.10 Å². The number of carbonyl (C=O) groups is 1. The lowest BCUT2D eigenvalue weighted by Crippen LogP contribution is -2.09. The van der Waals surface area contributed by atoms with Crippen molar-refractivity contribution in [1.29, 1.82) is 0 Å². The highest BCUT2D eigenvalue weighted by molar-refractivity contribution is 6.16. The maximum Gasteiger partial charge on any atom is 0.339 e. The number of nitrogens with zero attached hydrogens (tertiary/aromatic N) is 2. The molecule has 22 heavy (non-hydrogen) atoms. The molecule has 0 unspecified atom stereocenters. The molecule has 0 aliphatic rings. The van der Waals surface area contributed by atoms with E-state index in [0.29, 0.717) is 23.6 Å². The van der Waals surface area contributed by atoms with Crippen molar-refractivity contribution in [3.8, 4) is 5.75 Å². The Morgan fingerprint density at radius 1 is 1.32 bits per heavy atom. The predicted molar refractivity (Wildman–Crippen MR) is 84.4 cm³/mol. The molecule has 0 bridgehead atoms. The number of ether oxygens (including phenoxy) is 2. The van der Waals surface area contributed by atoms with Crippen LogP contribution in [0.2, 0.25) is 0 Å². The lowest BCUT2D eigenvalue weighted by atomic mass is 10.1. The molecule has 2 rings (SSSR count). The van der Waals surface area contributed by atoms with Crippen LogP contribution in [0.25, 0.3) is 5.57 Å². The molecule has 0 saturated heterocycles. The van der Waals surface area contributed by atoms with Gasteiger partial charge in [0.1, 0.15) is 18.0 Å². The summed E-state index contributed by atoms with van der Waals surface area (Å²) in [7, 11) is 3.14. The fourth-order valence-electron chi connectivity index (χ4n) is 2.30. The molecule has 2 aromatic rings. The molecule has 5 nitrogen and oxygen atoms in total. The fraction of sp³-hybridized carbons (Fsp3) is 0.294. The smallest absolute Gasteiger partial charge is 0.339 e. The Kier molecular flexibility index (Phi) is 4.99. The quantitative estimate of drug-likeness (QED) is 0.629. The molecule has 0 aliphatic carbocycles. The zero-order chi connectivity index (χ0) is 16.1. The van der Waals surface area contributed by atoms with Gasteiger partial charge in [-0.3, -0.25) is 4.68 Å². The zero-order valence-corrected chi connectivity index (χ0v) is 13.3. The number of methoxy groups -OCH3 is 1. The van der Waals surface area contributed by atoms with E-state index in [9.17, 15) is 4.79 Å². The fourth-order valence-corrected chi connectivity index (χ4v) is 2.30. The molecule has 0 aliphatic heterocycles. The van der Waals surface area contributed by atoms with Gasteiger partial charge in [0.05, 0.1) is 12.7 Å². The van der Waals surface area contributed by atoms with Crippen LogP contribution in [0.5, 0.6) is 5.75 Å². The molecular weight excluding hydrogens is 280 g/mol. The first-order valence-electron chi connectivity index (χ1n) is 7.03. The van der Waals surface area contributed by atoms with Crippen molar-refractivity contribution in [2.75, 3.05) is 7.11 Å². The van der Waals surface area contributed by atoms with Gasteiger partial charge in [-0.2, -0.15) is 5.10 Å². The number of rotatable bonds is 5. The summed E-state index contributed by atoms with van der Waals surface area (Å²) in [5.74, 6) is 0.194. The third-order valence-corrected chi connectivity index (χ3v) is 3.34. The van der Waals surface area contributed by atoms with E-state index >= 15 is 0 Å². The van der Waals surface area contributed by atoms with Gasteiger partial charge in [0.2, 0.25) is 0 Å². The average molecular weight is 300 g/mol. The molecule has 1 aromatic carbocycles. The number of aryl methyl sites for hydroxylation is 2. The SMILES string of the molecule is CC=C(C(=O)OC)c1c(OCc2ccccc2)c(C)nn1C. The summed E-state index contributed by atoms with van der Waals surface area (Å²) in [5, 5.41) is 4.35. The second-order valence-corrected chi connectivity index (χ2v) is 4.85. The number of carbonyl (C=O) groups excluding carboxylic acids is 1. The summed E-state index contributed by atoms with van der Waals surface area (Å²) >= 11 is 0. The summed E-state index contributed by atoms with van der Waals surface area (Å²) in [6.45, 7) is 4.06. The highest BCUT2D eigenvalue weighted by Crippen LogP contribution is 2.30. The summed E-state index contributed by atoms with van der Waals surface area (Å²) in [5.41, 5.74) is 2.85. The normalized spacial score (nSPS) is 11.4. The summed E-state index contributed by atoms with van der Waals surface area (Å²) < 4.78 is 12.4. The van der Waals surface area contributed by atoms with E-state index in [0.717, 1.165) is 11.3 Å². The van der Waals surface area contributed by atoms with Crippen molar-refractivity contribution in [1.82, 2.24) is 9.78 Å². The summed E-state index contributed by atoms with van der Waals surface area (Å²) in [6, 6.07) is 9.85. The minimum Gasteiger partial charge on any atom is -0.485 e. The Hall–Kier alpha value is -2.56. The standard InChI is InChI=1S/C17H20N2O3/c1-5-14(17(20)21-4)15-16(12(2)18-19(15)3)22-11-13-9-7-6-8-10-13/h5-10H,11H2,1-4H3. The first-order chi connectivity index (χ1) is 10.6. The zero-order valence-electron chi connectivity index (χ0n) is 13.3. The second-order valence-electron chi connectivity index (χ2n) is 4.85. The highest BCUT2D eigenvalue weighted by Gasteiger charge is 2.23. The Balaban J connectivity index is 2.33. The van der Waals surface area contributed by atoms with Crippen molar-refractivity contribution >= 4 is 11.5 Å². The molecule has 0 amide bonds. The number of hydrogen-bond acceptors (Lipinski definition) is 4. The molecule has 0 atom stereocenters. The molecule has 5 heteroatoms. The maximum atomic E-state index is 11.9. The van der Waals surface area contributed by atoms with E-state index in [4.69, 9.17) is 9.47 Å². The van der Waals surface area contributed by atoms with Gasteiger partial charge in [0.25, 0.3) is 0 Å². The highest BCUT2D eigenvalue weighted by atomic mass is 16.5. The first-order valence-corrected chi connectivity index (χ1v) is 7.03. The number of allylic oxidation sites excluding steroid dienone is 1. The van der Waals surface area contributed by atoms with Crippen LogP contribution in [-0.4, -0.2) is 22.9 Å². The molecule has 116 valence electrons. The second kappa shape index (κ2) is 6.93. The van der Waals surface area contributed by atoms with Gasteiger partial charge in [0.15, 0.2) is 5.75 Å². The molecule has 0 saturated carbocycles. The number of aromatic nitrogens is 2. The molecular formula is C17H20N2O3. The van der Waals surface area contributed by atoms with Crippen molar-refractivity contribution in [3.05, 3.63) is 53.4 Å². The van der Waals surface area contributed by atoms with Crippen LogP contribution in [0.15, 0.2) is 36.4 Å². The van der Waals surface area contributed by atoms with Gasteiger partial charge < -0.3 is 9.47 Å². The van der Waals surface area contributed by atoms with E-state index in [1.54, 1.807) is 24.7 Å². The van der Waals surface area contributed by atoms with Crippen LogP contribution in [0, 0.1) is 6.92 Å². The van der Waals surface area contributed by atoms with Crippen LogP contribution in [0.3, 0.4) is 0 Å². The summed E-state index contributed by atoms with van der Waals surface area (Å²) in [4.78, 5) is 11.9. The van der Waals surface area contributed by atoms with Crippen molar-refractivity contribution < 1.29 is 14.3 Å². The number of hydrogen-bond donors (Lipinski definition) is 0. The Morgan fingerprint density at radius 3 is 2.59 bits per heavy atom. The van der Waals surface area contributed by atoms with Gasteiger partial charge >= 0.3 is 5.97 Å². The largest absolute Gasteiger partial charge is 0.485 e. The van der Waals surface area contributed by atoms with Gasteiger partial charge in [-0.15, -0.1) is 0 Å². The van der Waals surface area contributed by atoms with Crippen molar-refractivity contribution in [3.63, 3.8) is 0 Å². The van der Waals surface area contributed by atoms with Crippen LogP contribution in [-0.2, 0) is 23.2 Å². The van der Waals surface area contributed by atoms with E-state index in [1.807, 2.05) is 37.3 Å². The number of esters is 1. The van der Waals surface area contributed by atoms with Crippen molar-refractivity contribution in [2.45, 2.75) is 20.5 Å². The summed E-state index contributed by atoms with van der Waals surface area (Å²) in [6.07, 6.45) is 1.71. The third kappa shape index (κ3) is 3.19. The minimum absolute atomic E-state index is 0.407. The van der Waals surface area contributed by atoms with Gasteiger partial charge in [-0.1, -0.05) is 36.4 Å². The lowest BCUT2D eigenvalue weighted by Gasteiger charge is -2.11. The molecule has 0 radical (unpaired) electrons. The Bertz CT molecular complexity index is 687. The first kappa shape index (κ1) is 15.8. The average Bonchev–Trinajstić information content (AvgIpc) is 2.81. The van der Waals surface area contributed by atoms with Crippen LogP contribution in [0.1, 0.15) is 23.9 Å². The maximum absolute atomic E-state index is 11.9. The van der Waals surface area contributed by atoms with E-state index < -0.39 is 5.97 Å².